The highest BCUT2D eigenvalue weighted by Crippen LogP contribution is 2.06. The minimum atomic E-state index is -0.0799. The molecule has 0 fully saturated rings. The number of hydrogen-bond acceptors (Lipinski definition) is 3. The summed E-state index contributed by atoms with van der Waals surface area (Å²) < 4.78 is 7.01. The van der Waals surface area contributed by atoms with Crippen LogP contribution in [0.1, 0.15) is 11.4 Å². The molecule has 0 aromatic carbocycles. The molecule has 2 rings (SSSR count). The van der Waals surface area contributed by atoms with Crippen LogP contribution in [0.2, 0.25) is 0 Å². The Morgan fingerprint density at radius 3 is 3.07 bits per heavy atom. The molecular weight excluding hydrogens is 260 g/mol. The molecule has 15 heavy (non-hydrogen) atoms. The number of rotatable bonds is 2. The van der Waals surface area contributed by atoms with Crippen molar-refractivity contribution in [1.29, 1.82) is 0 Å². The predicted octanol–water partition coefficient (Wildman–Crippen LogP) is 1.96. The Labute approximate surface area is 94.7 Å². The maximum Gasteiger partial charge on any atom is 0.268 e. The van der Waals surface area contributed by atoms with E-state index in [-0.39, 0.29) is 5.56 Å². The summed E-state index contributed by atoms with van der Waals surface area (Å²) in [6, 6.07) is 1.83. The van der Waals surface area contributed by atoms with Crippen LogP contribution < -0.4 is 5.56 Å². The molecule has 0 N–H and O–H groups in total. The van der Waals surface area contributed by atoms with Crippen LogP contribution in [-0.2, 0) is 6.54 Å². The van der Waals surface area contributed by atoms with Crippen molar-refractivity contribution in [2.45, 2.75) is 13.5 Å². The molecule has 2 aromatic heterocycles. The average molecular weight is 269 g/mol. The zero-order valence-electron chi connectivity index (χ0n) is 8.11. The number of furan rings is 1. The lowest BCUT2D eigenvalue weighted by molar-refractivity contribution is 0.560. The van der Waals surface area contributed by atoms with Gasteiger partial charge in [0.25, 0.3) is 5.56 Å². The number of nitrogens with zero attached hydrogens (tertiary/aromatic N) is 2. The van der Waals surface area contributed by atoms with Crippen LogP contribution in [0.25, 0.3) is 0 Å². The fourth-order valence-electron chi connectivity index (χ4n) is 1.30. The van der Waals surface area contributed by atoms with Crippen molar-refractivity contribution in [3.05, 3.63) is 51.0 Å². The van der Waals surface area contributed by atoms with Crippen LogP contribution >= 0.6 is 15.9 Å². The zero-order valence-corrected chi connectivity index (χ0v) is 9.69. The van der Waals surface area contributed by atoms with Gasteiger partial charge in [-0.25, -0.2) is 4.98 Å². The second kappa shape index (κ2) is 4.02. The van der Waals surface area contributed by atoms with Crippen LogP contribution in [0.5, 0.6) is 0 Å². The minimum Gasteiger partial charge on any atom is -0.472 e. The lowest BCUT2D eigenvalue weighted by Crippen LogP contribution is -2.24. The van der Waals surface area contributed by atoms with E-state index in [1.165, 1.54) is 6.20 Å². The summed E-state index contributed by atoms with van der Waals surface area (Å²) in [5.41, 5.74) is 0.865. The van der Waals surface area contributed by atoms with Crippen LogP contribution in [0.4, 0.5) is 0 Å². The van der Waals surface area contributed by atoms with E-state index < -0.39 is 0 Å². The molecule has 0 aliphatic heterocycles. The molecule has 4 nitrogen and oxygen atoms in total. The summed E-state index contributed by atoms with van der Waals surface area (Å²) in [4.78, 5) is 15.9. The summed E-state index contributed by atoms with van der Waals surface area (Å²) in [5.74, 6) is 0.685. The maximum absolute atomic E-state index is 11.8. The standard InChI is InChI=1S/C10H9BrN2O2/c1-7-12-4-9(11)10(14)13(7)5-8-2-3-15-6-8/h2-4,6H,5H2,1H3. The van der Waals surface area contributed by atoms with E-state index >= 15 is 0 Å². The topological polar surface area (TPSA) is 48.0 Å². The smallest absolute Gasteiger partial charge is 0.268 e. The van der Waals surface area contributed by atoms with Crippen molar-refractivity contribution in [2.75, 3.05) is 0 Å². The van der Waals surface area contributed by atoms with Crippen molar-refractivity contribution in [2.24, 2.45) is 0 Å². The third kappa shape index (κ3) is 2.02. The Morgan fingerprint density at radius 2 is 2.40 bits per heavy atom. The van der Waals surface area contributed by atoms with Gasteiger partial charge in [0.15, 0.2) is 0 Å². The second-order valence-corrected chi connectivity index (χ2v) is 4.03. The van der Waals surface area contributed by atoms with Crippen LogP contribution in [0.3, 0.4) is 0 Å². The van der Waals surface area contributed by atoms with Gasteiger partial charge in [0.1, 0.15) is 10.3 Å². The zero-order chi connectivity index (χ0) is 10.8. The van der Waals surface area contributed by atoms with E-state index in [4.69, 9.17) is 4.42 Å². The molecule has 78 valence electrons. The summed E-state index contributed by atoms with van der Waals surface area (Å²) >= 11 is 3.17. The number of aryl methyl sites for hydroxylation is 1. The molecule has 2 aromatic rings. The van der Waals surface area contributed by atoms with Gasteiger partial charge in [-0.2, -0.15) is 0 Å². The summed E-state index contributed by atoms with van der Waals surface area (Å²) in [7, 11) is 0. The van der Waals surface area contributed by atoms with Gasteiger partial charge in [0, 0.05) is 11.8 Å². The third-order valence-electron chi connectivity index (χ3n) is 2.13. The molecule has 0 spiro atoms. The van der Waals surface area contributed by atoms with Gasteiger partial charge in [-0.1, -0.05) is 0 Å². The van der Waals surface area contributed by atoms with E-state index in [0.29, 0.717) is 16.8 Å². The Balaban J connectivity index is 2.44. The molecule has 2 heterocycles. The van der Waals surface area contributed by atoms with Gasteiger partial charge < -0.3 is 4.42 Å². The fraction of sp³-hybridized carbons (Fsp3) is 0.200. The first-order chi connectivity index (χ1) is 7.18. The molecule has 0 bridgehead atoms. The molecular formula is C10H9BrN2O2. The van der Waals surface area contributed by atoms with Crippen LogP contribution in [-0.4, -0.2) is 9.55 Å². The fourth-order valence-corrected chi connectivity index (χ4v) is 1.62. The van der Waals surface area contributed by atoms with Gasteiger partial charge in [-0.3, -0.25) is 9.36 Å². The highest BCUT2D eigenvalue weighted by atomic mass is 79.9. The molecule has 0 atom stereocenters. The first-order valence-electron chi connectivity index (χ1n) is 4.41. The monoisotopic (exact) mass is 268 g/mol. The molecule has 0 unspecified atom stereocenters. The normalized spacial score (nSPS) is 10.5. The highest BCUT2D eigenvalue weighted by molar-refractivity contribution is 9.10. The van der Waals surface area contributed by atoms with Gasteiger partial charge in [-0.15, -0.1) is 0 Å². The second-order valence-electron chi connectivity index (χ2n) is 3.18. The lowest BCUT2D eigenvalue weighted by Gasteiger charge is -2.07. The Bertz CT molecular complexity index is 517. The van der Waals surface area contributed by atoms with Crippen molar-refractivity contribution in [1.82, 2.24) is 9.55 Å². The van der Waals surface area contributed by atoms with E-state index in [0.717, 1.165) is 5.56 Å². The first kappa shape index (κ1) is 10.2. The van der Waals surface area contributed by atoms with Gasteiger partial charge in [0.05, 0.1) is 19.1 Å². The predicted molar refractivity (Wildman–Crippen MR) is 58.7 cm³/mol. The van der Waals surface area contributed by atoms with E-state index in [9.17, 15) is 4.79 Å². The third-order valence-corrected chi connectivity index (χ3v) is 2.67. The average Bonchev–Trinajstić information content (AvgIpc) is 2.71. The molecule has 0 saturated heterocycles. The van der Waals surface area contributed by atoms with Crippen LogP contribution in [0.15, 0.2) is 38.5 Å². The molecule has 0 aliphatic carbocycles. The Hall–Kier alpha value is -1.36. The summed E-state index contributed by atoms with van der Waals surface area (Å²) in [5, 5.41) is 0. The van der Waals surface area contributed by atoms with Crippen molar-refractivity contribution in [3.8, 4) is 0 Å². The summed E-state index contributed by atoms with van der Waals surface area (Å²) in [6.07, 6.45) is 4.72. The maximum atomic E-state index is 11.8. The molecule has 0 amide bonds. The highest BCUT2D eigenvalue weighted by Gasteiger charge is 2.06. The van der Waals surface area contributed by atoms with E-state index in [2.05, 4.69) is 20.9 Å². The molecule has 0 saturated carbocycles. The van der Waals surface area contributed by atoms with Crippen molar-refractivity contribution in [3.63, 3.8) is 0 Å². The largest absolute Gasteiger partial charge is 0.472 e. The number of hydrogen-bond donors (Lipinski definition) is 0. The molecule has 0 aliphatic rings. The van der Waals surface area contributed by atoms with E-state index in [1.54, 1.807) is 24.0 Å². The quantitative estimate of drug-likeness (QED) is 0.837. The number of halogens is 1. The van der Waals surface area contributed by atoms with Crippen molar-refractivity contribution >= 4 is 15.9 Å². The van der Waals surface area contributed by atoms with Gasteiger partial charge in [0.2, 0.25) is 0 Å². The number of aromatic nitrogens is 2. The van der Waals surface area contributed by atoms with Crippen molar-refractivity contribution < 1.29 is 4.42 Å². The first-order valence-corrected chi connectivity index (χ1v) is 5.21. The Morgan fingerprint density at radius 1 is 1.60 bits per heavy atom. The lowest BCUT2D eigenvalue weighted by atomic mass is 10.3. The van der Waals surface area contributed by atoms with Crippen LogP contribution in [0, 0.1) is 6.92 Å². The Kier molecular flexibility index (Phi) is 2.73. The van der Waals surface area contributed by atoms with Gasteiger partial charge in [-0.05, 0) is 28.9 Å². The summed E-state index contributed by atoms with van der Waals surface area (Å²) in [6.45, 7) is 2.28. The minimum absolute atomic E-state index is 0.0799. The van der Waals surface area contributed by atoms with E-state index in [1.807, 2.05) is 6.07 Å². The molecule has 0 radical (unpaired) electrons. The van der Waals surface area contributed by atoms with Gasteiger partial charge >= 0.3 is 0 Å². The molecule has 5 heteroatoms. The SMILES string of the molecule is Cc1ncc(Br)c(=O)n1Cc1ccoc1.